The van der Waals surface area contributed by atoms with Gasteiger partial charge in [0, 0.05) is 0 Å². The van der Waals surface area contributed by atoms with Gasteiger partial charge >= 0.3 is 6.18 Å². The van der Waals surface area contributed by atoms with Crippen molar-refractivity contribution < 1.29 is 17.6 Å². The van der Waals surface area contributed by atoms with Gasteiger partial charge in [-0.1, -0.05) is 12.1 Å². The van der Waals surface area contributed by atoms with Gasteiger partial charge < -0.3 is 4.98 Å². The number of rotatable bonds is 1. The van der Waals surface area contributed by atoms with Gasteiger partial charge in [-0.2, -0.15) is 13.2 Å². The summed E-state index contributed by atoms with van der Waals surface area (Å²) in [7, 11) is 0. The topological polar surface area (TPSA) is 28.7 Å². The molecule has 1 N–H and O–H groups in total. The summed E-state index contributed by atoms with van der Waals surface area (Å²) in [5.41, 5.74) is -0.643. The zero-order chi connectivity index (χ0) is 15.2. The van der Waals surface area contributed by atoms with Crippen molar-refractivity contribution in [1.29, 1.82) is 0 Å². The molecule has 0 radical (unpaired) electrons. The van der Waals surface area contributed by atoms with Crippen LogP contribution in [0, 0.1) is 5.82 Å². The lowest BCUT2D eigenvalue weighted by Crippen LogP contribution is -2.09. The van der Waals surface area contributed by atoms with Crippen molar-refractivity contribution in [3.8, 4) is 11.4 Å². The minimum absolute atomic E-state index is 0.0500. The molecule has 0 aliphatic carbocycles. The van der Waals surface area contributed by atoms with E-state index in [1.54, 1.807) is 24.3 Å². The fourth-order valence-corrected chi connectivity index (χ4v) is 2.42. The molecule has 0 aliphatic rings. The van der Waals surface area contributed by atoms with Gasteiger partial charge in [-0.05, 0) is 40.2 Å². The molecule has 0 saturated heterocycles. The summed E-state index contributed by atoms with van der Waals surface area (Å²) in [5.74, 6) is -1.15. The van der Waals surface area contributed by atoms with Crippen molar-refractivity contribution in [3.63, 3.8) is 0 Å². The molecular formula is C14H7BrF4N2. The Morgan fingerprint density at radius 3 is 2.43 bits per heavy atom. The summed E-state index contributed by atoms with van der Waals surface area (Å²) in [6, 6.07) is 8.58. The molecular weight excluding hydrogens is 352 g/mol. The van der Waals surface area contributed by atoms with Crippen LogP contribution in [-0.2, 0) is 6.18 Å². The van der Waals surface area contributed by atoms with E-state index in [1.165, 1.54) is 0 Å². The van der Waals surface area contributed by atoms with Crippen LogP contribution in [-0.4, -0.2) is 9.97 Å². The van der Waals surface area contributed by atoms with E-state index in [-0.39, 0.29) is 10.3 Å². The first kappa shape index (κ1) is 14.1. The Balaban J connectivity index is 2.32. The van der Waals surface area contributed by atoms with Crippen molar-refractivity contribution in [2.75, 3.05) is 0 Å². The lowest BCUT2D eigenvalue weighted by atomic mass is 10.1. The van der Waals surface area contributed by atoms with Crippen molar-refractivity contribution in [3.05, 3.63) is 52.3 Å². The second kappa shape index (κ2) is 4.84. The Morgan fingerprint density at radius 1 is 1.05 bits per heavy atom. The van der Waals surface area contributed by atoms with E-state index >= 15 is 0 Å². The Hall–Kier alpha value is -1.89. The zero-order valence-electron chi connectivity index (χ0n) is 10.3. The Bertz CT molecular complexity index is 790. The first-order valence-corrected chi connectivity index (χ1v) is 6.67. The molecule has 0 fully saturated rings. The fourth-order valence-electron chi connectivity index (χ4n) is 2.09. The van der Waals surface area contributed by atoms with Gasteiger partial charge in [0.15, 0.2) is 0 Å². The predicted molar refractivity (Wildman–Crippen MR) is 74.2 cm³/mol. The summed E-state index contributed by atoms with van der Waals surface area (Å²) in [6.45, 7) is 0. The molecule has 2 aromatic carbocycles. The number of benzene rings is 2. The molecule has 0 saturated carbocycles. The highest BCUT2D eigenvalue weighted by molar-refractivity contribution is 9.10. The van der Waals surface area contributed by atoms with Gasteiger partial charge in [-0.15, -0.1) is 0 Å². The van der Waals surface area contributed by atoms with E-state index in [0.29, 0.717) is 11.0 Å². The maximum atomic E-state index is 14.2. The fraction of sp³-hybridized carbons (Fsp3) is 0.0714. The molecule has 0 amide bonds. The summed E-state index contributed by atoms with van der Waals surface area (Å²) in [4.78, 5) is 6.76. The molecule has 0 bridgehead atoms. The molecule has 21 heavy (non-hydrogen) atoms. The number of H-pyrrole nitrogens is 1. The van der Waals surface area contributed by atoms with E-state index in [4.69, 9.17) is 0 Å². The highest BCUT2D eigenvalue weighted by atomic mass is 79.9. The summed E-state index contributed by atoms with van der Waals surface area (Å²) in [6.07, 6.45) is -4.67. The normalized spacial score (nSPS) is 12.0. The maximum absolute atomic E-state index is 14.2. The minimum atomic E-state index is -4.67. The van der Waals surface area contributed by atoms with Gasteiger partial charge in [-0.25, -0.2) is 9.37 Å². The Kier molecular flexibility index (Phi) is 3.24. The van der Waals surface area contributed by atoms with E-state index in [9.17, 15) is 17.6 Å². The molecule has 0 unspecified atom stereocenters. The largest absolute Gasteiger partial charge is 0.417 e. The van der Waals surface area contributed by atoms with Crippen LogP contribution in [0.3, 0.4) is 0 Å². The molecule has 108 valence electrons. The first-order chi connectivity index (χ1) is 9.88. The molecule has 0 spiro atoms. The summed E-state index contributed by atoms with van der Waals surface area (Å²) in [5, 5.41) is 0. The van der Waals surface area contributed by atoms with Crippen LogP contribution in [0.15, 0.2) is 40.9 Å². The number of imidazole rings is 1. The average molecular weight is 359 g/mol. The third-order valence-electron chi connectivity index (χ3n) is 3.03. The quantitative estimate of drug-likeness (QED) is 0.598. The van der Waals surface area contributed by atoms with Gasteiger partial charge in [0.2, 0.25) is 0 Å². The first-order valence-electron chi connectivity index (χ1n) is 5.88. The minimum Gasteiger partial charge on any atom is -0.338 e. The van der Waals surface area contributed by atoms with Crippen molar-refractivity contribution in [2.45, 2.75) is 6.18 Å². The summed E-state index contributed by atoms with van der Waals surface area (Å²) < 4.78 is 53.4. The van der Waals surface area contributed by atoms with E-state index < -0.39 is 23.1 Å². The van der Waals surface area contributed by atoms with Crippen molar-refractivity contribution >= 4 is 27.0 Å². The molecule has 0 atom stereocenters. The number of hydrogen-bond donors (Lipinski definition) is 1. The standard InChI is InChI=1S/C14H7BrF4N2/c15-8-6-5-7(14(17,18)19)11(12(8)16)13-20-9-3-1-2-4-10(9)21-13/h1-6H,(H,20,21). The maximum Gasteiger partial charge on any atom is 0.417 e. The van der Waals surface area contributed by atoms with E-state index in [2.05, 4.69) is 25.9 Å². The highest BCUT2D eigenvalue weighted by Gasteiger charge is 2.36. The van der Waals surface area contributed by atoms with Crippen LogP contribution in [0.25, 0.3) is 22.4 Å². The second-order valence-corrected chi connectivity index (χ2v) is 5.24. The molecule has 3 aromatic rings. The number of hydrogen-bond acceptors (Lipinski definition) is 1. The number of para-hydroxylation sites is 2. The van der Waals surface area contributed by atoms with Crippen LogP contribution >= 0.6 is 15.9 Å². The van der Waals surface area contributed by atoms with Gasteiger partial charge in [0.25, 0.3) is 0 Å². The van der Waals surface area contributed by atoms with Crippen LogP contribution in [0.1, 0.15) is 5.56 Å². The lowest BCUT2D eigenvalue weighted by molar-refractivity contribution is -0.137. The lowest BCUT2D eigenvalue weighted by Gasteiger charge is -2.12. The third kappa shape index (κ3) is 2.42. The molecule has 1 heterocycles. The van der Waals surface area contributed by atoms with Gasteiger partial charge in [-0.3, -0.25) is 0 Å². The second-order valence-electron chi connectivity index (χ2n) is 4.38. The highest BCUT2D eigenvalue weighted by Crippen LogP contribution is 2.40. The number of aromatic nitrogens is 2. The van der Waals surface area contributed by atoms with Crippen LogP contribution in [0.4, 0.5) is 17.6 Å². The molecule has 1 aromatic heterocycles. The number of halogens is 5. The number of aromatic amines is 1. The van der Waals surface area contributed by atoms with Crippen LogP contribution in [0.5, 0.6) is 0 Å². The van der Waals surface area contributed by atoms with Crippen LogP contribution < -0.4 is 0 Å². The number of nitrogens with zero attached hydrogens (tertiary/aromatic N) is 1. The molecule has 7 heteroatoms. The average Bonchev–Trinajstić information content (AvgIpc) is 2.83. The molecule has 3 rings (SSSR count). The van der Waals surface area contributed by atoms with E-state index in [0.717, 1.165) is 12.1 Å². The SMILES string of the molecule is Fc1c(Br)ccc(C(F)(F)F)c1-c1nc2ccccc2[nH]1. The van der Waals surface area contributed by atoms with Gasteiger partial charge in [0.1, 0.15) is 11.6 Å². The van der Waals surface area contributed by atoms with Crippen molar-refractivity contribution in [2.24, 2.45) is 0 Å². The zero-order valence-corrected chi connectivity index (χ0v) is 11.9. The smallest absolute Gasteiger partial charge is 0.338 e. The third-order valence-corrected chi connectivity index (χ3v) is 3.64. The van der Waals surface area contributed by atoms with E-state index in [1.807, 2.05) is 0 Å². The molecule has 2 nitrogen and oxygen atoms in total. The monoisotopic (exact) mass is 358 g/mol. The Morgan fingerprint density at radius 2 is 1.76 bits per heavy atom. The predicted octanol–water partition coefficient (Wildman–Crippen LogP) is 5.15. The number of alkyl halides is 3. The van der Waals surface area contributed by atoms with Crippen LogP contribution in [0.2, 0.25) is 0 Å². The van der Waals surface area contributed by atoms with Crippen molar-refractivity contribution in [1.82, 2.24) is 9.97 Å². The van der Waals surface area contributed by atoms with Gasteiger partial charge in [0.05, 0.1) is 26.6 Å². The number of fused-ring (bicyclic) bond motifs is 1. The Labute approximate surface area is 124 Å². The number of nitrogens with one attached hydrogen (secondary N) is 1. The summed E-state index contributed by atoms with van der Waals surface area (Å²) >= 11 is 2.90. The molecule has 0 aliphatic heterocycles.